The van der Waals surface area contributed by atoms with Crippen LogP contribution in [-0.4, -0.2) is 0 Å². The molecule has 0 heterocycles. The molecular weight excluding hydrogens is 162 g/mol. The topological polar surface area (TPSA) is 71.4 Å². The zero-order valence-electron chi connectivity index (χ0n) is 6.73. The SMILES string of the molecule is N#Cc1ccc(C(C#N)C#N)cc1. The Morgan fingerprint density at radius 1 is 0.923 bits per heavy atom. The van der Waals surface area contributed by atoms with Crippen molar-refractivity contribution in [1.29, 1.82) is 15.8 Å². The predicted octanol–water partition coefficient (Wildman–Crippen LogP) is 1.69. The molecule has 0 radical (unpaired) electrons. The van der Waals surface area contributed by atoms with Crippen LogP contribution in [0.2, 0.25) is 0 Å². The summed E-state index contributed by atoms with van der Waals surface area (Å²) in [7, 11) is 0. The monoisotopic (exact) mass is 167 g/mol. The summed E-state index contributed by atoms with van der Waals surface area (Å²) in [5.41, 5.74) is 1.15. The first-order valence-corrected chi connectivity index (χ1v) is 3.61. The van der Waals surface area contributed by atoms with Crippen molar-refractivity contribution in [2.24, 2.45) is 0 Å². The fourth-order valence-corrected chi connectivity index (χ4v) is 0.928. The molecule has 1 aromatic carbocycles. The van der Waals surface area contributed by atoms with Crippen LogP contribution < -0.4 is 0 Å². The minimum absolute atomic E-state index is 0.526. The average molecular weight is 167 g/mol. The summed E-state index contributed by atoms with van der Waals surface area (Å²) in [6.45, 7) is 0. The Morgan fingerprint density at radius 2 is 1.46 bits per heavy atom. The van der Waals surface area contributed by atoms with Gasteiger partial charge >= 0.3 is 0 Å². The first-order chi connectivity index (χ1) is 6.31. The van der Waals surface area contributed by atoms with E-state index in [2.05, 4.69) is 0 Å². The zero-order valence-corrected chi connectivity index (χ0v) is 6.73. The minimum atomic E-state index is -0.743. The second-order valence-electron chi connectivity index (χ2n) is 2.43. The Morgan fingerprint density at radius 3 is 1.85 bits per heavy atom. The summed E-state index contributed by atoms with van der Waals surface area (Å²) < 4.78 is 0. The molecule has 0 spiro atoms. The molecule has 3 heteroatoms. The van der Waals surface area contributed by atoms with E-state index < -0.39 is 5.92 Å². The molecule has 1 rings (SSSR count). The highest BCUT2D eigenvalue weighted by Crippen LogP contribution is 2.14. The average Bonchev–Trinajstić information content (AvgIpc) is 2.21. The van der Waals surface area contributed by atoms with Crippen molar-refractivity contribution in [1.82, 2.24) is 0 Å². The van der Waals surface area contributed by atoms with E-state index in [4.69, 9.17) is 15.8 Å². The largest absolute Gasteiger partial charge is 0.196 e. The molecule has 13 heavy (non-hydrogen) atoms. The van der Waals surface area contributed by atoms with Crippen molar-refractivity contribution in [2.75, 3.05) is 0 Å². The molecule has 0 aliphatic rings. The number of hydrogen-bond acceptors (Lipinski definition) is 3. The van der Waals surface area contributed by atoms with Crippen LogP contribution in [0.15, 0.2) is 24.3 Å². The van der Waals surface area contributed by atoms with Crippen LogP contribution in [0.25, 0.3) is 0 Å². The van der Waals surface area contributed by atoms with E-state index in [0.717, 1.165) is 0 Å². The number of nitriles is 3. The van der Waals surface area contributed by atoms with Crippen LogP contribution in [0, 0.1) is 34.0 Å². The van der Waals surface area contributed by atoms with Gasteiger partial charge in [0.2, 0.25) is 0 Å². The minimum Gasteiger partial charge on any atom is -0.196 e. The molecular formula is C10H5N3. The van der Waals surface area contributed by atoms with E-state index in [1.807, 2.05) is 18.2 Å². The van der Waals surface area contributed by atoms with Crippen molar-refractivity contribution in [2.45, 2.75) is 5.92 Å². The molecule has 1 aromatic rings. The fourth-order valence-electron chi connectivity index (χ4n) is 0.928. The van der Waals surface area contributed by atoms with Gasteiger partial charge in [-0.25, -0.2) is 0 Å². The summed E-state index contributed by atoms with van der Waals surface area (Å²) in [6.07, 6.45) is 0. The molecule has 0 amide bonds. The van der Waals surface area contributed by atoms with Gasteiger partial charge in [0.15, 0.2) is 5.92 Å². The number of benzene rings is 1. The van der Waals surface area contributed by atoms with E-state index in [1.165, 1.54) is 0 Å². The predicted molar refractivity (Wildman–Crippen MR) is 45.1 cm³/mol. The fraction of sp³-hybridized carbons (Fsp3) is 0.100. The third-order valence-electron chi connectivity index (χ3n) is 1.63. The van der Waals surface area contributed by atoms with Crippen molar-refractivity contribution >= 4 is 0 Å². The lowest BCUT2D eigenvalue weighted by Gasteiger charge is -1.98. The van der Waals surface area contributed by atoms with E-state index in [-0.39, 0.29) is 0 Å². The Balaban J connectivity index is 3.02. The van der Waals surface area contributed by atoms with Crippen molar-refractivity contribution < 1.29 is 0 Å². The molecule has 60 valence electrons. The third kappa shape index (κ3) is 1.83. The lowest BCUT2D eigenvalue weighted by molar-refractivity contribution is 1.10. The second-order valence-corrected chi connectivity index (χ2v) is 2.43. The quantitative estimate of drug-likeness (QED) is 0.638. The van der Waals surface area contributed by atoms with Crippen LogP contribution in [0.1, 0.15) is 17.0 Å². The number of hydrogen-bond donors (Lipinski definition) is 0. The van der Waals surface area contributed by atoms with Crippen LogP contribution >= 0.6 is 0 Å². The number of nitrogens with zero attached hydrogens (tertiary/aromatic N) is 3. The summed E-state index contributed by atoms with van der Waals surface area (Å²) >= 11 is 0. The van der Waals surface area contributed by atoms with Crippen molar-refractivity contribution in [3.8, 4) is 18.2 Å². The molecule has 0 bridgehead atoms. The van der Waals surface area contributed by atoms with Gasteiger partial charge in [0.25, 0.3) is 0 Å². The van der Waals surface area contributed by atoms with Gasteiger partial charge in [-0.05, 0) is 17.7 Å². The van der Waals surface area contributed by atoms with Crippen LogP contribution in [0.5, 0.6) is 0 Å². The molecule has 0 saturated carbocycles. The molecule has 0 N–H and O–H groups in total. The number of rotatable bonds is 1. The van der Waals surface area contributed by atoms with Gasteiger partial charge in [-0.15, -0.1) is 0 Å². The first kappa shape index (κ1) is 8.78. The summed E-state index contributed by atoms with van der Waals surface area (Å²) in [5.74, 6) is -0.743. The molecule has 0 atom stereocenters. The maximum absolute atomic E-state index is 8.57. The van der Waals surface area contributed by atoms with E-state index in [0.29, 0.717) is 11.1 Å². The molecule has 0 saturated heterocycles. The third-order valence-corrected chi connectivity index (χ3v) is 1.63. The van der Waals surface area contributed by atoms with Crippen molar-refractivity contribution in [3.63, 3.8) is 0 Å². The summed E-state index contributed by atoms with van der Waals surface area (Å²) in [5, 5.41) is 25.6. The lowest BCUT2D eigenvalue weighted by atomic mass is 10.0. The summed E-state index contributed by atoms with van der Waals surface area (Å²) in [4.78, 5) is 0. The van der Waals surface area contributed by atoms with Gasteiger partial charge in [-0.2, -0.15) is 15.8 Å². The maximum Gasteiger partial charge on any atom is 0.158 e. The smallest absolute Gasteiger partial charge is 0.158 e. The highest BCUT2D eigenvalue weighted by atomic mass is 14.3. The maximum atomic E-state index is 8.57. The normalized spacial score (nSPS) is 8.46. The highest BCUT2D eigenvalue weighted by Gasteiger charge is 2.07. The van der Waals surface area contributed by atoms with E-state index in [1.54, 1.807) is 24.3 Å². The van der Waals surface area contributed by atoms with Crippen molar-refractivity contribution in [3.05, 3.63) is 35.4 Å². The van der Waals surface area contributed by atoms with Gasteiger partial charge in [0, 0.05) is 0 Å². The van der Waals surface area contributed by atoms with Gasteiger partial charge < -0.3 is 0 Å². The Kier molecular flexibility index (Phi) is 2.64. The molecule has 3 nitrogen and oxygen atoms in total. The highest BCUT2D eigenvalue weighted by molar-refractivity contribution is 5.37. The Labute approximate surface area is 76.1 Å². The molecule has 0 aromatic heterocycles. The van der Waals surface area contributed by atoms with Gasteiger partial charge in [0.05, 0.1) is 23.8 Å². The molecule has 0 unspecified atom stereocenters. The van der Waals surface area contributed by atoms with Crippen LogP contribution in [0.3, 0.4) is 0 Å². The molecule has 0 fully saturated rings. The standard InChI is InChI=1S/C10H5N3/c11-5-8-1-3-9(4-2-8)10(6-12)7-13/h1-4,10H. The van der Waals surface area contributed by atoms with E-state index >= 15 is 0 Å². The van der Waals surface area contributed by atoms with Crippen LogP contribution in [0.4, 0.5) is 0 Å². The second kappa shape index (κ2) is 3.90. The lowest BCUT2D eigenvalue weighted by Crippen LogP contribution is -1.91. The molecule has 0 aliphatic carbocycles. The Bertz CT molecular complexity index is 397. The van der Waals surface area contributed by atoms with Gasteiger partial charge in [-0.1, -0.05) is 12.1 Å². The van der Waals surface area contributed by atoms with Crippen LogP contribution in [-0.2, 0) is 0 Å². The van der Waals surface area contributed by atoms with Gasteiger partial charge in [-0.3, -0.25) is 0 Å². The Hall–Kier alpha value is -2.31. The summed E-state index contributed by atoms with van der Waals surface area (Å²) in [6, 6.07) is 12.1. The first-order valence-electron chi connectivity index (χ1n) is 3.61. The van der Waals surface area contributed by atoms with Gasteiger partial charge in [0.1, 0.15) is 0 Å². The van der Waals surface area contributed by atoms with E-state index in [9.17, 15) is 0 Å². The molecule has 0 aliphatic heterocycles. The zero-order chi connectivity index (χ0) is 9.68.